The molecule has 0 saturated carbocycles. The summed E-state index contributed by atoms with van der Waals surface area (Å²) in [5.41, 5.74) is 0.596. The van der Waals surface area contributed by atoms with E-state index in [2.05, 4.69) is 10.00 Å². The zero-order chi connectivity index (χ0) is 13.8. The molecule has 1 saturated heterocycles. The summed E-state index contributed by atoms with van der Waals surface area (Å²) in [5.74, 6) is 0. The van der Waals surface area contributed by atoms with Crippen molar-refractivity contribution in [1.29, 1.82) is 0 Å². The van der Waals surface area contributed by atoms with Gasteiger partial charge >= 0.3 is 0 Å². The first-order valence-corrected chi connectivity index (χ1v) is 6.69. The molecule has 1 aliphatic heterocycles. The van der Waals surface area contributed by atoms with Crippen LogP contribution in [-0.4, -0.2) is 66.4 Å². The molecule has 0 amide bonds. The van der Waals surface area contributed by atoms with Gasteiger partial charge in [0.15, 0.2) is 0 Å². The van der Waals surface area contributed by atoms with Gasteiger partial charge in [-0.2, -0.15) is 5.10 Å². The van der Waals surface area contributed by atoms with Crippen molar-refractivity contribution >= 4 is 11.6 Å². The molecule has 2 unspecified atom stereocenters. The number of aromatic nitrogens is 2. The molecular formula is C12H20ClN3O3. The van der Waals surface area contributed by atoms with Crippen molar-refractivity contribution in [2.24, 2.45) is 0 Å². The van der Waals surface area contributed by atoms with Crippen LogP contribution in [0.15, 0.2) is 6.20 Å². The lowest BCUT2D eigenvalue weighted by Gasteiger charge is -2.33. The van der Waals surface area contributed by atoms with Gasteiger partial charge in [-0.05, 0) is 7.05 Å². The van der Waals surface area contributed by atoms with Crippen molar-refractivity contribution in [2.45, 2.75) is 18.8 Å². The van der Waals surface area contributed by atoms with Crippen LogP contribution >= 0.6 is 11.6 Å². The Bertz CT molecular complexity index is 413. The third-order valence-corrected chi connectivity index (χ3v) is 3.56. The van der Waals surface area contributed by atoms with Gasteiger partial charge in [-0.15, -0.1) is 0 Å². The lowest BCUT2D eigenvalue weighted by atomic mass is 10.1. The minimum atomic E-state index is -0.783. The van der Waals surface area contributed by atoms with E-state index in [1.165, 1.54) is 0 Å². The van der Waals surface area contributed by atoms with Gasteiger partial charge in [0.2, 0.25) is 0 Å². The van der Waals surface area contributed by atoms with Crippen LogP contribution in [0.1, 0.15) is 11.8 Å². The van der Waals surface area contributed by atoms with E-state index in [0.717, 1.165) is 6.54 Å². The maximum atomic E-state index is 10.5. The van der Waals surface area contributed by atoms with Crippen LogP contribution in [0, 0.1) is 0 Å². The van der Waals surface area contributed by atoms with Crippen LogP contribution in [0.2, 0.25) is 5.02 Å². The molecule has 1 N–H and O–H groups in total. The number of nitrogens with zero attached hydrogens (tertiary/aromatic N) is 3. The number of likely N-dealkylation sites (N-methyl/N-ethyl adjacent to an activating group) is 1. The Morgan fingerprint density at radius 3 is 3.16 bits per heavy atom. The summed E-state index contributed by atoms with van der Waals surface area (Å²) in [7, 11) is 3.63. The fourth-order valence-corrected chi connectivity index (χ4v) is 2.45. The van der Waals surface area contributed by atoms with Crippen LogP contribution in [0.25, 0.3) is 0 Å². The molecule has 1 aromatic heterocycles. The Labute approximate surface area is 117 Å². The summed E-state index contributed by atoms with van der Waals surface area (Å²) in [5, 5.41) is 15.1. The Kier molecular flexibility index (Phi) is 5.18. The predicted molar refractivity (Wildman–Crippen MR) is 71.3 cm³/mol. The Morgan fingerprint density at radius 1 is 1.68 bits per heavy atom. The lowest BCUT2D eigenvalue weighted by Crippen LogP contribution is -2.43. The second kappa shape index (κ2) is 6.67. The molecule has 2 atom stereocenters. The highest BCUT2D eigenvalue weighted by Crippen LogP contribution is 2.28. The monoisotopic (exact) mass is 289 g/mol. The maximum absolute atomic E-state index is 10.5. The highest BCUT2D eigenvalue weighted by atomic mass is 35.5. The quantitative estimate of drug-likeness (QED) is 0.858. The van der Waals surface area contributed by atoms with E-state index in [1.807, 2.05) is 7.05 Å². The number of methoxy groups -OCH3 is 1. The molecular weight excluding hydrogens is 270 g/mol. The summed E-state index contributed by atoms with van der Waals surface area (Å²) in [6.45, 7) is 3.23. The van der Waals surface area contributed by atoms with Crippen LogP contribution < -0.4 is 0 Å². The van der Waals surface area contributed by atoms with Gasteiger partial charge in [0, 0.05) is 20.2 Å². The fraction of sp³-hybridized carbons (Fsp3) is 0.750. The van der Waals surface area contributed by atoms with E-state index < -0.39 is 6.10 Å². The normalized spacial score (nSPS) is 22.6. The molecule has 2 rings (SSSR count). The van der Waals surface area contributed by atoms with Crippen molar-refractivity contribution in [1.82, 2.24) is 14.7 Å². The zero-order valence-electron chi connectivity index (χ0n) is 11.3. The van der Waals surface area contributed by atoms with Crippen molar-refractivity contribution in [3.63, 3.8) is 0 Å². The van der Waals surface area contributed by atoms with Gasteiger partial charge in [0.05, 0.1) is 36.7 Å². The third-order valence-electron chi connectivity index (χ3n) is 3.27. The average Bonchev–Trinajstić information content (AvgIpc) is 2.76. The van der Waals surface area contributed by atoms with E-state index >= 15 is 0 Å². The molecule has 1 aromatic rings. The van der Waals surface area contributed by atoms with E-state index in [9.17, 15) is 5.11 Å². The fourth-order valence-electron chi connectivity index (χ4n) is 2.20. The largest absolute Gasteiger partial charge is 0.384 e. The summed E-state index contributed by atoms with van der Waals surface area (Å²) in [4.78, 5) is 2.13. The molecule has 7 heteroatoms. The minimum absolute atomic E-state index is 0.283. The maximum Gasteiger partial charge on any atom is 0.124 e. The highest BCUT2D eigenvalue weighted by molar-refractivity contribution is 6.31. The number of aliphatic hydroxyl groups excluding tert-OH is 1. The number of aliphatic hydroxyl groups is 1. The first kappa shape index (κ1) is 14.7. The summed E-state index contributed by atoms with van der Waals surface area (Å²) >= 11 is 6.12. The van der Waals surface area contributed by atoms with E-state index in [0.29, 0.717) is 37.0 Å². The molecule has 0 spiro atoms. The van der Waals surface area contributed by atoms with Gasteiger partial charge in [0.1, 0.15) is 12.2 Å². The van der Waals surface area contributed by atoms with Crippen molar-refractivity contribution in [2.75, 3.05) is 40.5 Å². The Morgan fingerprint density at radius 2 is 2.47 bits per heavy atom. The van der Waals surface area contributed by atoms with Gasteiger partial charge in [0.25, 0.3) is 0 Å². The number of morpholine rings is 1. The van der Waals surface area contributed by atoms with Crippen molar-refractivity contribution in [3.8, 4) is 0 Å². The molecule has 0 aromatic carbocycles. The highest BCUT2D eigenvalue weighted by Gasteiger charge is 2.30. The minimum Gasteiger partial charge on any atom is -0.384 e. The third kappa shape index (κ3) is 3.46. The van der Waals surface area contributed by atoms with Crippen LogP contribution in [0.4, 0.5) is 0 Å². The van der Waals surface area contributed by atoms with E-state index in [1.54, 1.807) is 18.0 Å². The van der Waals surface area contributed by atoms with Crippen LogP contribution in [0.3, 0.4) is 0 Å². The second-order valence-corrected chi connectivity index (χ2v) is 5.12. The van der Waals surface area contributed by atoms with Crippen molar-refractivity contribution < 1.29 is 14.6 Å². The number of ether oxygens (including phenoxy) is 2. The van der Waals surface area contributed by atoms with Gasteiger partial charge in [-0.25, -0.2) is 0 Å². The smallest absolute Gasteiger partial charge is 0.124 e. The van der Waals surface area contributed by atoms with Gasteiger partial charge in [-0.1, -0.05) is 11.6 Å². The lowest BCUT2D eigenvalue weighted by molar-refractivity contribution is -0.0870. The molecule has 6 nitrogen and oxygen atoms in total. The molecule has 0 radical (unpaired) electrons. The zero-order valence-corrected chi connectivity index (χ0v) is 12.0. The molecule has 0 aliphatic carbocycles. The summed E-state index contributed by atoms with van der Waals surface area (Å²) in [6.07, 6.45) is 0.478. The van der Waals surface area contributed by atoms with E-state index in [-0.39, 0.29) is 6.10 Å². The number of hydrogen-bond donors (Lipinski definition) is 1. The van der Waals surface area contributed by atoms with Gasteiger partial charge < -0.3 is 19.5 Å². The number of rotatable bonds is 5. The van der Waals surface area contributed by atoms with Gasteiger partial charge in [-0.3, -0.25) is 4.68 Å². The molecule has 1 aliphatic rings. The standard InChI is InChI=1S/C12H20ClN3O3/c1-15-3-6-19-10(8-15)12(17)11-9(13)7-14-16(11)4-5-18-2/h7,10,12,17H,3-6,8H2,1-2H3. The number of halogens is 1. The SMILES string of the molecule is COCCn1ncc(Cl)c1C(O)C1CN(C)CCO1. The molecule has 0 bridgehead atoms. The van der Waals surface area contributed by atoms with Crippen LogP contribution in [-0.2, 0) is 16.0 Å². The average molecular weight is 290 g/mol. The second-order valence-electron chi connectivity index (χ2n) is 4.71. The molecule has 2 heterocycles. The molecule has 1 fully saturated rings. The Hall–Kier alpha value is -0.660. The molecule has 19 heavy (non-hydrogen) atoms. The first-order chi connectivity index (χ1) is 9.13. The topological polar surface area (TPSA) is 59.8 Å². The molecule has 108 valence electrons. The van der Waals surface area contributed by atoms with Crippen molar-refractivity contribution in [3.05, 3.63) is 16.9 Å². The van der Waals surface area contributed by atoms with E-state index in [4.69, 9.17) is 21.1 Å². The van der Waals surface area contributed by atoms with Crippen LogP contribution in [0.5, 0.6) is 0 Å². The summed E-state index contributed by atoms with van der Waals surface area (Å²) in [6, 6.07) is 0. The number of hydrogen-bond acceptors (Lipinski definition) is 5. The predicted octanol–water partition coefficient (Wildman–Crippen LogP) is 0.547. The summed E-state index contributed by atoms with van der Waals surface area (Å²) < 4.78 is 12.3. The Balaban J connectivity index is 2.12. The first-order valence-electron chi connectivity index (χ1n) is 6.32.